The maximum Gasteiger partial charge on any atom is 0.255 e. The average molecular weight is 445 g/mol. The molecule has 0 aromatic heterocycles. The first-order valence-electron chi connectivity index (χ1n) is 10.6. The molecule has 0 heterocycles. The van der Waals surface area contributed by atoms with E-state index in [1.165, 1.54) is 0 Å². The average Bonchev–Trinajstić information content (AvgIpc) is 2.78. The molecule has 0 saturated carbocycles. The van der Waals surface area contributed by atoms with E-state index < -0.39 is 5.41 Å². The third-order valence-corrected chi connectivity index (χ3v) is 4.69. The minimum atomic E-state index is -0.516. The first-order chi connectivity index (χ1) is 15.7. The van der Waals surface area contributed by atoms with Gasteiger partial charge in [-0.2, -0.15) is 0 Å². The monoisotopic (exact) mass is 444 g/mol. The summed E-state index contributed by atoms with van der Waals surface area (Å²) in [5, 5.41) is 11.6. The van der Waals surface area contributed by atoms with Gasteiger partial charge < -0.3 is 21.3 Å². The lowest BCUT2D eigenvalue weighted by molar-refractivity contribution is -0.123. The summed E-state index contributed by atoms with van der Waals surface area (Å²) in [5.74, 6) is -0.552. The highest BCUT2D eigenvalue weighted by Gasteiger charge is 2.21. The molecule has 0 aliphatic rings. The second-order valence-electron chi connectivity index (χ2n) is 8.59. The molecule has 4 N–H and O–H groups in total. The van der Waals surface area contributed by atoms with E-state index in [2.05, 4.69) is 21.3 Å². The molecule has 0 fully saturated rings. The van der Waals surface area contributed by atoms with Crippen molar-refractivity contribution in [2.24, 2.45) is 5.41 Å². The van der Waals surface area contributed by atoms with E-state index in [1.54, 1.807) is 66.7 Å². The summed E-state index contributed by atoms with van der Waals surface area (Å²) in [6.07, 6.45) is 0. The molecule has 0 bridgehead atoms. The van der Waals surface area contributed by atoms with Gasteiger partial charge >= 0.3 is 0 Å². The molecular formula is C26H28N4O3. The second-order valence-corrected chi connectivity index (χ2v) is 8.59. The van der Waals surface area contributed by atoms with Gasteiger partial charge in [0, 0.05) is 33.7 Å². The molecule has 170 valence electrons. The zero-order chi connectivity index (χ0) is 23.8. The summed E-state index contributed by atoms with van der Waals surface area (Å²) in [6, 6.07) is 23.1. The Balaban J connectivity index is 1.54. The van der Waals surface area contributed by atoms with Gasteiger partial charge in [0.15, 0.2) is 0 Å². The maximum atomic E-state index is 12.4. The molecule has 7 heteroatoms. The highest BCUT2D eigenvalue weighted by molar-refractivity contribution is 6.04. The van der Waals surface area contributed by atoms with Crippen LogP contribution in [-0.4, -0.2) is 24.3 Å². The van der Waals surface area contributed by atoms with Gasteiger partial charge in [0.2, 0.25) is 11.8 Å². The Hall–Kier alpha value is -4.13. The van der Waals surface area contributed by atoms with Crippen LogP contribution >= 0.6 is 0 Å². The van der Waals surface area contributed by atoms with Crippen molar-refractivity contribution in [1.29, 1.82) is 0 Å². The third-order valence-electron chi connectivity index (χ3n) is 4.69. The first kappa shape index (κ1) is 23.5. The van der Waals surface area contributed by atoms with Crippen LogP contribution in [0.2, 0.25) is 0 Å². The van der Waals surface area contributed by atoms with E-state index in [-0.39, 0.29) is 24.3 Å². The van der Waals surface area contributed by atoms with E-state index in [4.69, 9.17) is 0 Å². The van der Waals surface area contributed by atoms with Gasteiger partial charge in [-0.25, -0.2) is 0 Å². The number of amides is 3. The maximum absolute atomic E-state index is 12.4. The zero-order valence-electron chi connectivity index (χ0n) is 18.9. The molecule has 0 radical (unpaired) electrons. The molecule has 0 saturated heterocycles. The predicted molar refractivity (Wildman–Crippen MR) is 132 cm³/mol. The van der Waals surface area contributed by atoms with Crippen LogP contribution < -0.4 is 21.3 Å². The number of hydrogen-bond acceptors (Lipinski definition) is 4. The number of carbonyl (C=O) groups is 3. The molecule has 3 aromatic rings. The summed E-state index contributed by atoms with van der Waals surface area (Å²) in [5.41, 5.74) is 2.56. The van der Waals surface area contributed by atoms with Crippen molar-refractivity contribution in [3.8, 4) is 0 Å². The summed E-state index contributed by atoms with van der Waals surface area (Å²) in [7, 11) is 0. The SMILES string of the molecule is CC(C)(C)C(=O)Nc1cccc(NC(=O)CNc2cccc(NC(=O)c3ccccc3)c2)c1. The molecule has 3 rings (SSSR count). The molecular weight excluding hydrogens is 416 g/mol. The first-order valence-corrected chi connectivity index (χ1v) is 10.6. The number of carbonyl (C=O) groups excluding carboxylic acids is 3. The van der Waals surface area contributed by atoms with E-state index in [0.29, 0.717) is 28.3 Å². The van der Waals surface area contributed by atoms with Gasteiger partial charge in [0.1, 0.15) is 0 Å². The third kappa shape index (κ3) is 7.21. The van der Waals surface area contributed by atoms with E-state index in [9.17, 15) is 14.4 Å². The minimum absolute atomic E-state index is 0.0364. The molecule has 0 aliphatic heterocycles. The van der Waals surface area contributed by atoms with E-state index >= 15 is 0 Å². The van der Waals surface area contributed by atoms with Crippen LogP contribution in [0.4, 0.5) is 22.7 Å². The van der Waals surface area contributed by atoms with Gasteiger partial charge in [-0.3, -0.25) is 14.4 Å². The van der Waals surface area contributed by atoms with Crippen LogP contribution in [-0.2, 0) is 9.59 Å². The molecule has 0 unspecified atom stereocenters. The smallest absolute Gasteiger partial charge is 0.255 e. The number of hydrogen-bond donors (Lipinski definition) is 4. The molecule has 3 amide bonds. The van der Waals surface area contributed by atoms with E-state index in [0.717, 1.165) is 0 Å². The summed E-state index contributed by atoms with van der Waals surface area (Å²) in [4.78, 5) is 36.9. The molecule has 0 aliphatic carbocycles. The van der Waals surface area contributed by atoms with Crippen LogP contribution in [0.15, 0.2) is 78.9 Å². The van der Waals surface area contributed by atoms with Crippen LogP contribution in [0, 0.1) is 5.41 Å². The van der Waals surface area contributed by atoms with Gasteiger partial charge in [-0.15, -0.1) is 0 Å². The number of anilines is 4. The lowest BCUT2D eigenvalue weighted by Gasteiger charge is -2.18. The van der Waals surface area contributed by atoms with Crippen LogP contribution in [0.3, 0.4) is 0 Å². The van der Waals surface area contributed by atoms with Gasteiger partial charge in [0.25, 0.3) is 5.91 Å². The molecule has 0 spiro atoms. The van der Waals surface area contributed by atoms with Crippen molar-refractivity contribution < 1.29 is 14.4 Å². The minimum Gasteiger partial charge on any atom is -0.376 e. The van der Waals surface area contributed by atoms with Crippen LogP contribution in [0.25, 0.3) is 0 Å². The number of benzene rings is 3. The largest absolute Gasteiger partial charge is 0.376 e. The quantitative estimate of drug-likeness (QED) is 0.413. The number of rotatable bonds is 7. The number of nitrogens with one attached hydrogen (secondary N) is 4. The molecule has 7 nitrogen and oxygen atoms in total. The fourth-order valence-electron chi connectivity index (χ4n) is 2.88. The normalized spacial score (nSPS) is 10.8. The van der Waals surface area contributed by atoms with Gasteiger partial charge in [-0.05, 0) is 48.5 Å². The predicted octanol–water partition coefficient (Wildman–Crippen LogP) is 4.97. The second kappa shape index (κ2) is 10.5. The molecule has 33 heavy (non-hydrogen) atoms. The van der Waals surface area contributed by atoms with E-state index in [1.807, 2.05) is 32.9 Å². The lowest BCUT2D eigenvalue weighted by Crippen LogP contribution is -2.27. The Morgan fingerprint density at radius 1 is 0.667 bits per heavy atom. The molecule has 0 atom stereocenters. The van der Waals surface area contributed by atoms with Crippen molar-refractivity contribution in [3.05, 3.63) is 84.4 Å². The van der Waals surface area contributed by atoms with Crippen molar-refractivity contribution in [2.45, 2.75) is 20.8 Å². The van der Waals surface area contributed by atoms with Crippen LogP contribution in [0.1, 0.15) is 31.1 Å². The Labute approximate surface area is 193 Å². The van der Waals surface area contributed by atoms with Gasteiger partial charge in [-0.1, -0.05) is 51.1 Å². The highest BCUT2D eigenvalue weighted by Crippen LogP contribution is 2.20. The summed E-state index contributed by atoms with van der Waals surface area (Å²) in [6.45, 7) is 5.54. The van der Waals surface area contributed by atoms with Crippen molar-refractivity contribution >= 4 is 40.5 Å². The van der Waals surface area contributed by atoms with Gasteiger partial charge in [0.05, 0.1) is 6.54 Å². The summed E-state index contributed by atoms with van der Waals surface area (Å²) < 4.78 is 0. The van der Waals surface area contributed by atoms with Crippen molar-refractivity contribution in [2.75, 3.05) is 27.8 Å². The Morgan fingerprint density at radius 2 is 1.21 bits per heavy atom. The standard InChI is InChI=1S/C26H28N4O3/c1-26(2,3)25(33)30-22-14-8-12-20(16-22)28-23(31)17-27-19-11-7-13-21(15-19)29-24(32)18-9-5-4-6-10-18/h4-16,27H,17H2,1-3H3,(H,28,31)(H,29,32)(H,30,33). The Morgan fingerprint density at radius 3 is 1.85 bits per heavy atom. The topological polar surface area (TPSA) is 99.3 Å². The molecule has 3 aromatic carbocycles. The van der Waals surface area contributed by atoms with Crippen molar-refractivity contribution in [1.82, 2.24) is 0 Å². The highest BCUT2D eigenvalue weighted by atomic mass is 16.2. The lowest BCUT2D eigenvalue weighted by atomic mass is 9.95. The zero-order valence-corrected chi connectivity index (χ0v) is 18.9. The Bertz CT molecular complexity index is 1140. The fraction of sp³-hybridized carbons (Fsp3) is 0.192. The summed E-state index contributed by atoms with van der Waals surface area (Å²) >= 11 is 0. The van der Waals surface area contributed by atoms with Crippen LogP contribution in [0.5, 0.6) is 0 Å². The van der Waals surface area contributed by atoms with Crippen molar-refractivity contribution in [3.63, 3.8) is 0 Å². The Kier molecular flexibility index (Phi) is 7.46. The fourth-order valence-corrected chi connectivity index (χ4v) is 2.88.